The molecule has 3 aliphatic carbocycles. The third-order valence-corrected chi connectivity index (χ3v) is 9.52. The standard InChI is InChI=1S/C26H42O3/c1-16(2)7-6-8-17(3)19-9-10-20-23-21(12-14-25(19,20)4)26(5)13-11-18(27)15-22(26)24(28)29-23/h16-20,22,27H,6-15H2,1-5H3/t17-,18?,19-,20?,22-,25?,26?/m1/s1. The maximum Gasteiger partial charge on any atom is 0.315 e. The van der Waals surface area contributed by atoms with Crippen molar-refractivity contribution >= 4 is 5.97 Å². The molecule has 1 aliphatic heterocycles. The van der Waals surface area contributed by atoms with Crippen LogP contribution < -0.4 is 0 Å². The average Bonchev–Trinajstić information content (AvgIpc) is 3.00. The van der Waals surface area contributed by atoms with Gasteiger partial charge in [0.05, 0.1) is 12.0 Å². The van der Waals surface area contributed by atoms with Crippen LogP contribution in [0, 0.1) is 40.4 Å². The minimum atomic E-state index is -0.348. The van der Waals surface area contributed by atoms with Crippen LogP contribution in [0.1, 0.15) is 98.8 Å². The molecule has 4 unspecified atom stereocenters. The highest BCUT2D eigenvalue weighted by Crippen LogP contribution is 2.64. The molecule has 2 saturated carbocycles. The predicted octanol–water partition coefficient (Wildman–Crippen LogP) is 6.25. The quantitative estimate of drug-likeness (QED) is 0.553. The summed E-state index contributed by atoms with van der Waals surface area (Å²) in [7, 11) is 0. The van der Waals surface area contributed by atoms with Crippen LogP contribution in [0.2, 0.25) is 0 Å². The summed E-state index contributed by atoms with van der Waals surface area (Å²) >= 11 is 0. The van der Waals surface area contributed by atoms with Gasteiger partial charge in [0.1, 0.15) is 5.76 Å². The van der Waals surface area contributed by atoms with Crippen LogP contribution in [0.15, 0.2) is 11.3 Å². The fraction of sp³-hybridized carbons (Fsp3) is 0.885. The van der Waals surface area contributed by atoms with Crippen LogP contribution in [0.3, 0.4) is 0 Å². The molecular formula is C26H42O3. The molecule has 29 heavy (non-hydrogen) atoms. The van der Waals surface area contributed by atoms with Crippen LogP contribution in [0.4, 0.5) is 0 Å². The van der Waals surface area contributed by atoms with Gasteiger partial charge in [-0.05, 0) is 73.7 Å². The molecule has 0 aromatic rings. The molecule has 0 saturated heterocycles. The van der Waals surface area contributed by atoms with E-state index in [9.17, 15) is 9.90 Å². The highest BCUT2D eigenvalue weighted by atomic mass is 16.5. The molecule has 3 nitrogen and oxygen atoms in total. The Kier molecular flexibility index (Phi) is 5.68. The van der Waals surface area contributed by atoms with Crippen molar-refractivity contribution in [3.8, 4) is 0 Å². The molecule has 0 radical (unpaired) electrons. The molecule has 2 fully saturated rings. The van der Waals surface area contributed by atoms with Gasteiger partial charge in [0.15, 0.2) is 0 Å². The molecule has 4 rings (SSSR count). The second-order valence-corrected chi connectivity index (χ2v) is 11.7. The van der Waals surface area contributed by atoms with E-state index in [1.54, 1.807) is 0 Å². The number of aliphatic hydroxyl groups is 1. The molecule has 1 N–H and O–H groups in total. The monoisotopic (exact) mass is 402 g/mol. The fourth-order valence-corrected chi connectivity index (χ4v) is 7.65. The number of allylic oxidation sites excluding steroid dienone is 2. The second-order valence-electron chi connectivity index (χ2n) is 11.7. The van der Waals surface area contributed by atoms with Crippen LogP contribution in [-0.4, -0.2) is 17.2 Å². The highest BCUT2D eigenvalue weighted by Gasteiger charge is 2.59. The number of ether oxygens (including phenoxy) is 1. The van der Waals surface area contributed by atoms with Gasteiger partial charge < -0.3 is 9.84 Å². The SMILES string of the molecule is CC(C)CCC[C@@H](C)[C@H]1CCC2C3=C(CCC21C)C1(C)CCC(O)C[C@@H]1C(=O)O3. The molecule has 0 spiro atoms. The molecule has 3 heteroatoms. The summed E-state index contributed by atoms with van der Waals surface area (Å²) in [6.45, 7) is 11.9. The first-order chi connectivity index (χ1) is 13.7. The van der Waals surface area contributed by atoms with Crippen LogP contribution in [0.5, 0.6) is 0 Å². The Labute approximate surface area is 177 Å². The summed E-state index contributed by atoms with van der Waals surface area (Å²) < 4.78 is 6.12. The molecule has 0 aromatic heterocycles. The second kappa shape index (κ2) is 7.70. The van der Waals surface area contributed by atoms with Crippen molar-refractivity contribution in [3.63, 3.8) is 0 Å². The van der Waals surface area contributed by atoms with E-state index >= 15 is 0 Å². The Bertz CT molecular complexity index is 679. The number of aliphatic hydroxyl groups excluding tert-OH is 1. The van der Waals surface area contributed by atoms with Crippen molar-refractivity contribution in [1.82, 2.24) is 0 Å². The van der Waals surface area contributed by atoms with E-state index in [0.717, 1.165) is 42.8 Å². The molecule has 164 valence electrons. The van der Waals surface area contributed by atoms with E-state index < -0.39 is 0 Å². The van der Waals surface area contributed by atoms with Crippen molar-refractivity contribution in [3.05, 3.63) is 11.3 Å². The summed E-state index contributed by atoms with van der Waals surface area (Å²) in [5.74, 6) is 3.54. The number of esters is 1. The van der Waals surface area contributed by atoms with Crippen LogP contribution >= 0.6 is 0 Å². The zero-order chi connectivity index (χ0) is 21.0. The lowest BCUT2D eigenvalue weighted by Gasteiger charge is -2.53. The number of carbonyl (C=O) groups excluding carboxylic acids is 1. The van der Waals surface area contributed by atoms with Gasteiger partial charge in [0.25, 0.3) is 0 Å². The van der Waals surface area contributed by atoms with Crippen molar-refractivity contribution in [2.24, 2.45) is 40.4 Å². The van der Waals surface area contributed by atoms with Gasteiger partial charge in [-0.25, -0.2) is 0 Å². The summed E-state index contributed by atoms with van der Waals surface area (Å²) in [5.41, 5.74) is 1.62. The first kappa shape index (κ1) is 21.4. The average molecular weight is 403 g/mol. The van der Waals surface area contributed by atoms with Gasteiger partial charge >= 0.3 is 5.97 Å². The van der Waals surface area contributed by atoms with Crippen LogP contribution in [0.25, 0.3) is 0 Å². The first-order valence-electron chi connectivity index (χ1n) is 12.3. The van der Waals surface area contributed by atoms with Gasteiger partial charge in [-0.15, -0.1) is 0 Å². The third kappa shape index (κ3) is 3.50. The number of hydrogen-bond donors (Lipinski definition) is 1. The lowest BCUT2D eigenvalue weighted by molar-refractivity contribution is -0.159. The summed E-state index contributed by atoms with van der Waals surface area (Å²) in [6.07, 6.45) is 10.7. The molecule has 0 amide bonds. The number of rotatable bonds is 5. The smallest absolute Gasteiger partial charge is 0.315 e. The van der Waals surface area contributed by atoms with Crippen LogP contribution in [-0.2, 0) is 9.53 Å². The lowest BCUT2D eigenvalue weighted by Crippen LogP contribution is -2.50. The molecule has 1 heterocycles. The molecular weight excluding hydrogens is 360 g/mol. The lowest BCUT2D eigenvalue weighted by atomic mass is 9.54. The number of fused-ring (bicyclic) bond motifs is 4. The fourth-order valence-electron chi connectivity index (χ4n) is 7.65. The maximum atomic E-state index is 13.0. The zero-order valence-electron chi connectivity index (χ0n) is 19.3. The van der Waals surface area contributed by atoms with E-state index in [1.807, 2.05) is 0 Å². The van der Waals surface area contributed by atoms with Crippen molar-refractivity contribution in [2.45, 2.75) is 105 Å². The van der Waals surface area contributed by atoms with Gasteiger partial charge in [0, 0.05) is 11.3 Å². The van der Waals surface area contributed by atoms with E-state index in [4.69, 9.17) is 4.74 Å². The minimum Gasteiger partial charge on any atom is -0.431 e. The molecule has 0 bridgehead atoms. The van der Waals surface area contributed by atoms with Crippen molar-refractivity contribution < 1.29 is 14.6 Å². The summed E-state index contributed by atoms with van der Waals surface area (Å²) in [5, 5.41) is 10.1. The zero-order valence-corrected chi connectivity index (χ0v) is 19.3. The maximum absolute atomic E-state index is 13.0. The van der Waals surface area contributed by atoms with Crippen molar-refractivity contribution in [2.75, 3.05) is 0 Å². The molecule has 4 aliphatic rings. The summed E-state index contributed by atoms with van der Waals surface area (Å²) in [4.78, 5) is 13.0. The Morgan fingerprint density at radius 2 is 1.83 bits per heavy atom. The predicted molar refractivity (Wildman–Crippen MR) is 116 cm³/mol. The number of carbonyl (C=O) groups is 1. The van der Waals surface area contributed by atoms with Crippen molar-refractivity contribution in [1.29, 1.82) is 0 Å². The summed E-state index contributed by atoms with van der Waals surface area (Å²) in [6, 6.07) is 0. The first-order valence-corrected chi connectivity index (χ1v) is 12.3. The Morgan fingerprint density at radius 1 is 1.07 bits per heavy atom. The highest BCUT2D eigenvalue weighted by molar-refractivity contribution is 5.77. The molecule has 0 aromatic carbocycles. The third-order valence-electron chi connectivity index (χ3n) is 9.52. The minimum absolute atomic E-state index is 0.0670. The van der Waals surface area contributed by atoms with E-state index in [0.29, 0.717) is 12.3 Å². The van der Waals surface area contributed by atoms with Gasteiger partial charge in [-0.2, -0.15) is 0 Å². The van der Waals surface area contributed by atoms with E-state index in [-0.39, 0.29) is 28.8 Å². The Morgan fingerprint density at radius 3 is 2.55 bits per heavy atom. The number of hydrogen-bond acceptors (Lipinski definition) is 3. The topological polar surface area (TPSA) is 46.5 Å². The van der Waals surface area contributed by atoms with Gasteiger partial charge in [-0.1, -0.05) is 53.9 Å². The molecule has 7 atom stereocenters. The Balaban J connectivity index is 1.57. The van der Waals surface area contributed by atoms with Gasteiger partial charge in [-0.3, -0.25) is 4.79 Å². The largest absolute Gasteiger partial charge is 0.431 e. The van der Waals surface area contributed by atoms with E-state index in [1.165, 1.54) is 44.1 Å². The Hall–Kier alpha value is -0.830. The normalized spacial score (nSPS) is 42.9. The van der Waals surface area contributed by atoms with E-state index in [2.05, 4.69) is 34.6 Å². The van der Waals surface area contributed by atoms with Gasteiger partial charge in [0.2, 0.25) is 0 Å².